The summed E-state index contributed by atoms with van der Waals surface area (Å²) in [4.78, 5) is 0. The van der Waals surface area contributed by atoms with Crippen molar-refractivity contribution in [3.63, 3.8) is 0 Å². The summed E-state index contributed by atoms with van der Waals surface area (Å²) in [6.07, 6.45) is 0. The van der Waals surface area contributed by atoms with Gasteiger partial charge in [0.15, 0.2) is 0 Å². The number of aromatic nitrogens is 2. The lowest BCUT2D eigenvalue weighted by molar-refractivity contribution is 0.894. The molecule has 0 unspecified atom stereocenters. The Bertz CT molecular complexity index is 811. The molecule has 0 saturated heterocycles. The van der Waals surface area contributed by atoms with Gasteiger partial charge < -0.3 is 5.73 Å². The van der Waals surface area contributed by atoms with E-state index in [1.165, 1.54) is 0 Å². The number of nitrogens with zero attached hydrogens (tertiary/aromatic N) is 2. The number of nitrogens with two attached hydrogens (primary N) is 1. The van der Waals surface area contributed by atoms with Gasteiger partial charge in [-0.05, 0) is 36.8 Å². The minimum absolute atomic E-state index is 0.574. The first-order chi connectivity index (χ1) is 10.0. The van der Waals surface area contributed by atoms with Gasteiger partial charge in [-0.3, -0.25) is 0 Å². The number of hydrogen-bond donors (Lipinski definition) is 1. The van der Waals surface area contributed by atoms with E-state index in [0.717, 1.165) is 27.0 Å². The maximum absolute atomic E-state index is 6.17. The third-order valence-corrected chi connectivity index (χ3v) is 4.16. The van der Waals surface area contributed by atoms with Gasteiger partial charge in [-0.1, -0.05) is 45.7 Å². The Labute approximate surface area is 136 Å². The zero-order valence-corrected chi connectivity index (χ0v) is 13.7. The van der Waals surface area contributed by atoms with E-state index in [1.54, 1.807) is 4.68 Å². The molecule has 1 heterocycles. The fraction of sp³-hybridized carbons (Fsp3) is 0.0625. The van der Waals surface area contributed by atoms with Crippen LogP contribution in [0.2, 0.25) is 5.02 Å². The summed E-state index contributed by atoms with van der Waals surface area (Å²) in [5.41, 5.74) is 9.79. The average molecular weight is 363 g/mol. The minimum Gasteiger partial charge on any atom is -0.384 e. The van der Waals surface area contributed by atoms with Gasteiger partial charge in [0.1, 0.15) is 5.82 Å². The quantitative estimate of drug-likeness (QED) is 0.708. The summed E-state index contributed by atoms with van der Waals surface area (Å²) < 4.78 is 2.70. The number of halogens is 2. The number of nitrogen functional groups attached to an aromatic ring is 1. The Hall–Kier alpha value is -1.78. The van der Waals surface area contributed by atoms with Crippen molar-refractivity contribution < 1.29 is 0 Å². The number of benzene rings is 2. The Morgan fingerprint density at radius 1 is 1.14 bits per heavy atom. The molecule has 3 nitrogen and oxygen atoms in total. The summed E-state index contributed by atoms with van der Waals surface area (Å²) in [6, 6.07) is 15.6. The number of hydrogen-bond acceptors (Lipinski definition) is 2. The highest BCUT2D eigenvalue weighted by Crippen LogP contribution is 2.26. The van der Waals surface area contributed by atoms with Crippen molar-refractivity contribution in [1.82, 2.24) is 9.78 Å². The molecule has 0 fully saturated rings. The van der Waals surface area contributed by atoms with Crippen LogP contribution in [0, 0.1) is 6.92 Å². The van der Waals surface area contributed by atoms with Gasteiger partial charge in [-0.25, -0.2) is 4.68 Å². The van der Waals surface area contributed by atoms with Gasteiger partial charge >= 0.3 is 0 Å². The monoisotopic (exact) mass is 361 g/mol. The summed E-state index contributed by atoms with van der Waals surface area (Å²) in [5, 5.41) is 5.27. The van der Waals surface area contributed by atoms with Crippen molar-refractivity contribution in [2.24, 2.45) is 0 Å². The van der Waals surface area contributed by atoms with E-state index in [1.807, 2.05) is 55.5 Å². The highest BCUT2D eigenvalue weighted by atomic mass is 79.9. The predicted octanol–water partition coefficient (Wildman–Crippen LogP) is 4.85. The number of aryl methyl sites for hydroxylation is 1. The topological polar surface area (TPSA) is 43.8 Å². The molecular weight excluding hydrogens is 350 g/mol. The Balaban J connectivity index is 2.07. The summed E-state index contributed by atoms with van der Waals surface area (Å²) in [7, 11) is 0. The van der Waals surface area contributed by atoms with E-state index in [0.29, 0.717) is 10.8 Å². The first kappa shape index (κ1) is 14.2. The van der Waals surface area contributed by atoms with Crippen molar-refractivity contribution in [2.75, 3.05) is 5.73 Å². The molecule has 0 saturated carbocycles. The number of anilines is 1. The van der Waals surface area contributed by atoms with E-state index < -0.39 is 0 Å². The fourth-order valence-corrected chi connectivity index (χ4v) is 2.68. The Kier molecular flexibility index (Phi) is 3.74. The SMILES string of the molecule is Cc1ccc(-n2nc(-c3cccc(Br)c3)cc2N)cc1Cl. The van der Waals surface area contributed by atoms with Crippen LogP contribution in [0.1, 0.15) is 5.56 Å². The van der Waals surface area contributed by atoms with Gasteiger partial charge in [-0.15, -0.1) is 0 Å². The van der Waals surface area contributed by atoms with Crippen LogP contribution in [0.5, 0.6) is 0 Å². The molecule has 0 atom stereocenters. The van der Waals surface area contributed by atoms with Crippen LogP contribution in [-0.4, -0.2) is 9.78 Å². The molecule has 0 bridgehead atoms. The fourth-order valence-electron chi connectivity index (χ4n) is 2.10. The lowest BCUT2D eigenvalue weighted by atomic mass is 10.2. The molecule has 0 aliphatic heterocycles. The summed E-state index contributed by atoms with van der Waals surface area (Å²) in [6.45, 7) is 1.96. The van der Waals surface area contributed by atoms with Crippen LogP contribution in [0.4, 0.5) is 5.82 Å². The van der Waals surface area contributed by atoms with Gasteiger partial charge in [0.2, 0.25) is 0 Å². The normalized spacial score (nSPS) is 10.8. The van der Waals surface area contributed by atoms with Gasteiger partial charge in [0.25, 0.3) is 0 Å². The van der Waals surface area contributed by atoms with Crippen molar-refractivity contribution in [3.8, 4) is 16.9 Å². The standard InChI is InChI=1S/C16H13BrClN3/c1-10-5-6-13(8-14(10)18)21-16(19)9-15(20-21)11-3-2-4-12(17)7-11/h2-9H,19H2,1H3. The third kappa shape index (κ3) is 2.82. The maximum atomic E-state index is 6.17. The third-order valence-electron chi connectivity index (χ3n) is 3.26. The summed E-state index contributed by atoms with van der Waals surface area (Å²) in [5.74, 6) is 0.574. The zero-order chi connectivity index (χ0) is 15.0. The predicted molar refractivity (Wildman–Crippen MR) is 90.9 cm³/mol. The van der Waals surface area contributed by atoms with Crippen molar-refractivity contribution >= 4 is 33.3 Å². The van der Waals surface area contributed by atoms with E-state index in [9.17, 15) is 0 Å². The molecule has 3 rings (SSSR count). The number of rotatable bonds is 2. The average Bonchev–Trinajstić information content (AvgIpc) is 2.84. The second kappa shape index (κ2) is 5.54. The van der Waals surface area contributed by atoms with Gasteiger partial charge in [-0.2, -0.15) is 5.10 Å². The van der Waals surface area contributed by atoms with Crippen LogP contribution in [0.25, 0.3) is 16.9 Å². The first-order valence-corrected chi connectivity index (χ1v) is 7.60. The van der Waals surface area contributed by atoms with Crippen LogP contribution < -0.4 is 5.73 Å². The second-order valence-corrected chi connectivity index (χ2v) is 6.13. The molecule has 5 heteroatoms. The lowest BCUT2D eigenvalue weighted by Crippen LogP contribution is -2.01. The van der Waals surface area contributed by atoms with Crippen molar-refractivity contribution in [1.29, 1.82) is 0 Å². The largest absolute Gasteiger partial charge is 0.384 e. The van der Waals surface area contributed by atoms with Crippen molar-refractivity contribution in [2.45, 2.75) is 6.92 Å². The first-order valence-electron chi connectivity index (χ1n) is 6.42. The molecule has 21 heavy (non-hydrogen) atoms. The molecule has 0 amide bonds. The molecule has 3 aromatic rings. The molecule has 0 aliphatic rings. The van der Waals surface area contributed by atoms with Gasteiger partial charge in [0, 0.05) is 21.1 Å². The highest BCUT2D eigenvalue weighted by molar-refractivity contribution is 9.10. The Morgan fingerprint density at radius 3 is 2.67 bits per heavy atom. The maximum Gasteiger partial charge on any atom is 0.127 e. The molecule has 0 spiro atoms. The van der Waals surface area contributed by atoms with Crippen LogP contribution in [0.15, 0.2) is 53.0 Å². The second-order valence-electron chi connectivity index (χ2n) is 4.81. The molecule has 1 aromatic heterocycles. The lowest BCUT2D eigenvalue weighted by Gasteiger charge is -2.06. The molecule has 0 radical (unpaired) electrons. The zero-order valence-electron chi connectivity index (χ0n) is 11.3. The van der Waals surface area contributed by atoms with Crippen LogP contribution in [0.3, 0.4) is 0 Å². The smallest absolute Gasteiger partial charge is 0.127 e. The summed E-state index contributed by atoms with van der Waals surface area (Å²) >= 11 is 9.64. The van der Waals surface area contributed by atoms with Crippen molar-refractivity contribution in [3.05, 3.63) is 63.6 Å². The van der Waals surface area contributed by atoms with Crippen LogP contribution >= 0.6 is 27.5 Å². The highest BCUT2D eigenvalue weighted by Gasteiger charge is 2.10. The van der Waals surface area contributed by atoms with Crippen LogP contribution in [-0.2, 0) is 0 Å². The molecular formula is C16H13BrClN3. The molecule has 0 aliphatic carbocycles. The Morgan fingerprint density at radius 2 is 1.95 bits per heavy atom. The minimum atomic E-state index is 0.574. The van der Waals surface area contributed by atoms with Gasteiger partial charge in [0.05, 0.1) is 11.4 Å². The molecule has 2 aromatic carbocycles. The van der Waals surface area contributed by atoms with E-state index in [4.69, 9.17) is 17.3 Å². The molecule has 106 valence electrons. The van der Waals surface area contributed by atoms with E-state index in [-0.39, 0.29) is 0 Å². The molecule has 2 N–H and O–H groups in total. The van der Waals surface area contributed by atoms with E-state index in [2.05, 4.69) is 21.0 Å². The van der Waals surface area contributed by atoms with E-state index >= 15 is 0 Å².